The number of hydrogen-bond acceptors (Lipinski definition) is 4. The molecule has 174 valence electrons. The number of rotatable bonds is 14. The van der Waals surface area contributed by atoms with E-state index >= 15 is 0 Å². The Kier molecular flexibility index (Phi) is 9.57. The molecule has 0 saturated carbocycles. The van der Waals surface area contributed by atoms with E-state index in [1.54, 1.807) is 6.07 Å². The van der Waals surface area contributed by atoms with Gasteiger partial charge in [0, 0.05) is 6.42 Å². The molecule has 1 unspecified atom stereocenters. The van der Waals surface area contributed by atoms with Crippen molar-refractivity contribution in [2.75, 3.05) is 20.2 Å². The van der Waals surface area contributed by atoms with E-state index in [0.29, 0.717) is 24.4 Å². The van der Waals surface area contributed by atoms with E-state index in [1.165, 1.54) is 24.9 Å². The van der Waals surface area contributed by atoms with Crippen molar-refractivity contribution in [1.29, 1.82) is 0 Å². The summed E-state index contributed by atoms with van der Waals surface area (Å²) in [6.45, 7) is 5.95. The van der Waals surface area contributed by atoms with Gasteiger partial charge >= 0.3 is 0 Å². The van der Waals surface area contributed by atoms with Gasteiger partial charge in [-0.2, -0.15) is 0 Å². The molecule has 0 aromatic heterocycles. The Morgan fingerprint density at radius 2 is 2.22 bits per heavy atom. The van der Waals surface area contributed by atoms with Gasteiger partial charge < -0.3 is 19.9 Å². The van der Waals surface area contributed by atoms with E-state index in [2.05, 4.69) is 42.4 Å². The lowest BCUT2D eigenvalue weighted by Gasteiger charge is -2.17. The molecule has 2 aliphatic heterocycles. The average Bonchev–Trinajstić information content (AvgIpc) is 3.46. The van der Waals surface area contributed by atoms with Gasteiger partial charge in [0.25, 0.3) is 0 Å². The number of phenols is 1. The van der Waals surface area contributed by atoms with Crippen molar-refractivity contribution in [1.82, 2.24) is 5.32 Å². The van der Waals surface area contributed by atoms with Crippen LogP contribution < -0.4 is 10.1 Å². The predicted molar refractivity (Wildman–Crippen MR) is 132 cm³/mol. The van der Waals surface area contributed by atoms with E-state index in [9.17, 15) is 5.11 Å². The average molecular weight is 440 g/mol. The van der Waals surface area contributed by atoms with Crippen molar-refractivity contribution in [2.24, 2.45) is 10.9 Å². The maximum Gasteiger partial charge on any atom is 0.178 e. The number of phenolic OH excluding ortho intramolecular Hbond substituents is 1. The molecule has 0 spiro atoms. The van der Waals surface area contributed by atoms with Crippen molar-refractivity contribution in [3.8, 4) is 11.5 Å². The maximum absolute atomic E-state index is 10.2. The molecule has 0 fully saturated rings. The highest BCUT2D eigenvalue weighted by atomic mass is 16.5. The van der Waals surface area contributed by atoms with Gasteiger partial charge in [0.2, 0.25) is 0 Å². The second-order valence-corrected chi connectivity index (χ2v) is 8.78. The summed E-state index contributed by atoms with van der Waals surface area (Å²) in [7, 11) is 1.98. The highest BCUT2D eigenvalue weighted by Crippen LogP contribution is 2.30. The smallest absolute Gasteiger partial charge is 0.178 e. The number of aliphatic hydroxyl groups is 2. The third-order valence-corrected chi connectivity index (χ3v) is 6.11. The van der Waals surface area contributed by atoms with E-state index in [4.69, 9.17) is 9.47 Å². The van der Waals surface area contributed by atoms with E-state index in [0.717, 1.165) is 49.9 Å². The topological polar surface area (TPSA) is 66.7 Å². The number of ether oxygens (including phenoxy) is 2. The normalized spacial score (nSPS) is 18.5. The van der Waals surface area contributed by atoms with Crippen LogP contribution in [0.1, 0.15) is 57.9 Å². The number of aryl methyl sites for hydroxylation is 1. The van der Waals surface area contributed by atoms with E-state index in [-0.39, 0.29) is 5.75 Å². The Bertz CT molecular complexity index is 802. The summed E-state index contributed by atoms with van der Waals surface area (Å²) < 4.78 is 10.7. The van der Waals surface area contributed by atoms with Crippen LogP contribution in [0.15, 0.2) is 47.1 Å². The number of hydrogen-bond donors (Lipinski definition) is 2. The SMILES string of the molecule is CCCCC1C=C[C-](CCc2ccc(O)c(OCCC3=C[C+]([C@H](C)CCNC)C=N3)c2)[OH+]1. The van der Waals surface area contributed by atoms with Gasteiger partial charge in [0.05, 0.1) is 18.4 Å². The van der Waals surface area contributed by atoms with Crippen LogP contribution in [0.25, 0.3) is 0 Å². The van der Waals surface area contributed by atoms with E-state index < -0.39 is 0 Å². The van der Waals surface area contributed by atoms with Crippen LogP contribution in [0.3, 0.4) is 0 Å². The van der Waals surface area contributed by atoms with Gasteiger partial charge in [-0.05, 0) is 63.9 Å². The van der Waals surface area contributed by atoms with Crippen LogP contribution in [0.2, 0.25) is 0 Å². The van der Waals surface area contributed by atoms with Crippen LogP contribution in [0.5, 0.6) is 11.5 Å². The van der Waals surface area contributed by atoms with Gasteiger partial charge in [-0.15, -0.1) is 17.1 Å². The molecular formula is C27H39N2O3+. The Morgan fingerprint density at radius 1 is 1.34 bits per heavy atom. The summed E-state index contributed by atoms with van der Waals surface area (Å²) in [5.74, 6) is 2.50. The van der Waals surface area contributed by atoms with Gasteiger partial charge in [-0.25, -0.2) is 0 Å². The summed E-state index contributed by atoms with van der Waals surface area (Å²) in [5, 5.41) is 13.4. The minimum Gasteiger partial charge on any atom is -0.504 e. The number of aliphatic imine (C=N–C) groups is 1. The molecule has 2 aliphatic rings. The molecule has 1 aromatic carbocycles. The first-order valence-electron chi connectivity index (χ1n) is 12.0. The Morgan fingerprint density at radius 3 is 3.03 bits per heavy atom. The Labute approximate surface area is 193 Å². The first-order valence-corrected chi connectivity index (χ1v) is 12.0. The second-order valence-electron chi connectivity index (χ2n) is 8.78. The largest absolute Gasteiger partial charge is 0.504 e. The predicted octanol–water partition coefficient (Wildman–Crippen LogP) is 5.07. The lowest BCUT2D eigenvalue weighted by atomic mass is 9.92. The lowest BCUT2D eigenvalue weighted by molar-refractivity contribution is -0.0480. The minimum atomic E-state index is 0.184. The van der Waals surface area contributed by atoms with Crippen LogP contribution >= 0.6 is 0 Å². The van der Waals surface area contributed by atoms with Crippen LogP contribution in [0.4, 0.5) is 0 Å². The summed E-state index contributed by atoms with van der Waals surface area (Å²) in [6.07, 6.45) is 17.3. The van der Waals surface area contributed by atoms with Crippen molar-refractivity contribution < 1.29 is 14.6 Å². The lowest BCUT2D eigenvalue weighted by Crippen LogP contribution is -2.15. The standard InChI is InChI=1S/C27H38N2O3/c1-4-5-6-24-10-11-25(32-24)9-7-21-8-12-26(30)27(17-21)31-16-14-23-18-22(19-29-23)20(2)13-15-28-3/h8,10-12,17-20,24,28,32H,4-7,9,13-16H2,1-3H3/p+1/t20-,24?/m1/s1. The molecule has 0 saturated heterocycles. The number of nitrogens with one attached hydrogen (secondary N) is 1. The molecule has 2 atom stereocenters. The number of nitrogens with zero attached hydrogens (tertiary/aromatic N) is 1. The number of aromatic hydroxyl groups is 1. The molecule has 32 heavy (non-hydrogen) atoms. The van der Waals surface area contributed by atoms with Crippen LogP contribution in [0, 0.1) is 17.9 Å². The highest BCUT2D eigenvalue weighted by molar-refractivity contribution is 5.82. The first-order chi connectivity index (χ1) is 15.6. The van der Waals surface area contributed by atoms with Crippen molar-refractivity contribution in [2.45, 2.75) is 64.9 Å². The van der Waals surface area contributed by atoms with Gasteiger partial charge in [-0.3, -0.25) is 0 Å². The molecule has 0 bridgehead atoms. The Balaban J connectivity index is 1.42. The molecule has 3 rings (SSSR count). The van der Waals surface area contributed by atoms with Crippen LogP contribution in [-0.4, -0.2) is 42.4 Å². The Hall–Kier alpha value is -2.37. The molecule has 0 aliphatic carbocycles. The molecule has 3 N–H and O–H groups in total. The fourth-order valence-corrected chi connectivity index (χ4v) is 3.97. The molecule has 5 nitrogen and oxygen atoms in total. The summed E-state index contributed by atoms with van der Waals surface area (Å²) >= 11 is 0. The third-order valence-electron chi connectivity index (χ3n) is 6.11. The zero-order valence-corrected chi connectivity index (χ0v) is 19.8. The third kappa shape index (κ3) is 7.35. The molecule has 2 heterocycles. The monoisotopic (exact) mass is 439 g/mol. The van der Waals surface area contributed by atoms with Crippen molar-refractivity contribution in [3.63, 3.8) is 0 Å². The zero-order valence-electron chi connectivity index (χ0n) is 19.8. The second kappa shape index (κ2) is 12.6. The van der Waals surface area contributed by atoms with Crippen molar-refractivity contribution >= 4 is 6.21 Å². The van der Waals surface area contributed by atoms with Gasteiger partial charge in [0.15, 0.2) is 17.2 Å². The van der Waals surface area contributed by atoms with Crippen LogP contribution in [-0.2, 0) is 6.42 Å². The zero-order chi connectivity index (χ0) is 22.8. The fourth-order valence-electron chi connectivity index (χ4n) is 3.97. The summed E-state index contributed by atoms with van der Waals surface area (Å²) in [4.78, 5) is 4.53. The molecule has 1 aromatic rings. The minimum absolute atomic E-state index is 0.184. The maximum atomic E-state index is 10.2. The molecule has 0 amide bonds. The number of benzene rings is 1. The summed E-state index contributed by atoms with van der Waals surface area (Å²) in [6, 6.07) is 5.64. The molecule has 5 heteroatoms. The summed E-state index contributed by atoms with van der Waals surface area (Å²) in [5.41, 5.74) is 2.19. The number of unbranched alkanes of at least 4 members (excludes halogenated alkanes) is 1. The first kappa shape index (κ1) is 24.3. The molecular weight excluding hydrogens is 400 g/mol. The highest BCUT2D eigenvalue weighted by Gasteiger charge is 2.27. The fraction of sp³-hybridized carbons (Fsp3) is 0.519. The van der Waals surface area contributed by atoms with E-state index in [1.807, 2.05) is 25.4 Å². The van der Waals surface area contributed by atoms with Crippen molar-refractivity contribution in [3.05, 3.63) is 59.7 Å². The quantitative estimate of drug-likeness (QED) is 0.314. The van der Waals surface area contributed by atoms with Gasteiger partial charge in [0.1, 0.15) is 30.9 Å². The van der Waals surface area contributed by atoms with Gasteiger partial charge in [-0.1, -0.05) is 19.4 Å². The number of allylic oxidation sites excluding steroid dienone is 1. The molecule has 0 radical (unpaired) electrons.